The molecule has 2 aromatic heterocycles. The van der Waals surface area contributed by atoms with Crippen LogP contribution < -0.4 is 5.56 Å². The molecule has 0 spiro atoms. The summed E-state index contributed by atoms with van der Waals surface area (Å²) in [5.41, 5.74) is 0.874. The maximum absolute atomic E-state index is 14.2. The molecule has 0 atom stereocenters. The van der Waals surface area contributed by atoms with Crippen molar-refractivity contribution >= 4 is 11.0 Å². The van der Waals surface area contributed by atoms with Gasteiger partial charge in [-0.2, -0.15) is 0 Å². The van der Waals surface area contributed by atoms with Gasteiger partial charge < -0.3 is 4.42 Å². The van der Waals surface area contributed by atoms with E-state index in [4.69, 9.17) is 4.42 Å². The number of fused-ring (bicyclic) bond motifs is 1. The molecule has 96 valence electrons. The summed E-state index contributed by atoms with van der Waals surface area (Å²) in [4.78, 5) is 11.7. The highest BCUT2D eigenvalue weighted by Gasteiger charge is 2.12. The van der Waals surface area contributed by atoms with Crippen LogP contribution in [0.4, 0.5) is 4.39 Å². The number of hydrogen-bond donors (Lipinski definition) is 0. The zero-order valence-corrected chi connectivity index (χ0v) is 10.4. The Labute approximate surface area is 108 Å². The monoisotopic (exact) mass is 257 g/mol. The Morgan fingerprint density at radius 2 is 2.11 bits per heavy atom. The first kappa shape index (κ1) is 11.7. The molecule has 0 saturated carbocycles. The number of halogens is 1. The Morgan fingerprint density at radius 1 is 1.26 bits per heavy atom. The summed E-state index contributed by atoms with van der Waals surface area (Å²) in [6.07, 6.45) is 2.21. The lowest BCUT2D eigenvalue weighted by Crippen LogP contribution is -2.14. The summed E-state index contributed by atoms with van der Waals surface area (Å²) < 4.78 is 21.0. The number of aromatic nitrogens is 1. The molecule has 0 unspecified atom stereocenters. The number of rotatable bonds is 2. The second-order valence-electron chi connectivity index (χ2n) is 4.30. The molecule has 0 aliphatic rings. The first-order valence-electron chi connectivity index (χ1n) is 6.09. The van der Waals surface area contributed by atoms with Gasteiger partial charge >= 0.3 is 0 Å². The number of pyridine rings is 1. The maximum atomic E-state index is 14.2. The minimum atomic E-state index is -0.279. The van der Waals surface area contributed by atoms with Gasteiger partial charge in [-0.25, -0.2) is 4.39 Å². The van der Waals surface area contributed by atoms with Gasteiger partial charge in [-0.3, -0.25) is 9.36 Å². The third-order valence-corrected chi connectivity index (χ3v) is 3.14. The Morgan fingerprint density at radius 3 is 2.84 bits per heavy atom. The van der Waals surface area contributed by atoms with Crippen LogP contribution in [0.5, 0.6) is 0 Å². The molecule has 2 heterocycles. The fraction of sp³-hybridized carbons (Fsp3) is 0.133. The van der Waals surface area contributed by atoms with Crippen molar-refractivity contribution in [1.82, 2.24) is 4.57 Å². The van der Waals surface area contributed by atoms with Crippen molar-refractivity contribution < 1.29 is 8.81 Å². The molecule has 0 radical (unpaired) electrons. The largest absolute Gasteiger partial charge is 0.440 e. The molecule has 0 aliphatic heterocycles. The zero-order chi connectivity index (χ0) is 13.4. The van der Waals surface area contributed by atoms with Crippen molar-refractivity contribution in [2.45, 2.75) is 13.3 Å². The SMILES string of the molecule is CCc1ccc2oc(-n3ccccc3=O)cc2c1F. The molecular weight excluding hydrogens is 245 g/mol. The Kier molecular flexibility index (Phi) is 2.71. The number of nitrogens with zero attached hydrogens (tertiary/aromatic N) is 1. The van der Waals surface area contributed by atoms with E-state index in [1.807, 2.05) is 6.92 Å². The Hall–Kier alpha value is -2.36. The van der Waals surface area contributed by atoms with E-state index in [-0.39, 0.29) is 11.4 Å². The highest BCUT2D eigenvalue weighted by atomic mass is 19.1. The Balaban J connectivity index is 2.26. The van der Waals surface area contributed by atoms with E-state index in [0.29, 0.717) is 28.8 Å². The zero-order valence-electron chi connectivity index (χ0n) is 10.4. The van der Waals surface area contributed by atoms with Crippen LogP contribution >= 0.6 is 0 Å². The van der Waals surface area contributed by atoms with E-state index in [1.54, 1.807) is 36.5 Å². The fourth-order valence-electron chi connectivity index (χ4n) is 2.11. The van der Waals surface area contributed by atoms with E-state index in [2.05, 4.69) is 0 Å². The predicted molar refractivity (Wildman–Crippen MR) is 71.1 cm³/mol. The highest BCUT2D eigenvalue weighted by Crippen LogP contribution is 2.26. The van der Waals surface area contributed by atoms with Crippen molar-refractivity contribution in [2.75, 3.05) is 0 Å². The summed E-state index contributed by atoms with van der Waals surface area (Å²) in [5, 5.41) is 0.408. The predicted octanol–water partition coefficient (Wildman–Crippen LogP) is 3.29. The van der Waals surface area contributed by atoms with Gasteiger partial charge in [-0.05, 0) is 24.1 Å². The molecule has 19 heavy (non-hydrogen) atoms. The molecule has 0 bridgehead atoms. The van der Waals surface area contributed by atoms with Gasteiger partial charge in [0.15, 0.2) is 0 Å². The summed E-state index contributed by atoms with van der Waals surface area (Å²) >= 11 is 0. The minimum absolute atomic E-state index is 0.210. The number of benzene rings is 1. The van der Waals surface area contributed by atoms with E-state index in [9.17, 15) is 9.18 Å². The lowest BCUT2D eigenvalue weighted by atomic mass is 10.1. The van der Waals surface area contributed by atoms with Gasteiger partial charge in [0.05, 0.1) is 5.39 Å². The molecule has 4 heteroatoms. The maximum Gasteiger partial charge on any atom is 0.257 e. The van der Waals surface area contributed by atoms with Gasteiger partial charge in [0.25, 0.3) is 5.56 Å². The highest BCUT2D eigenvalue weighted by molar-refractivity contribution is 5.81. The molecule has 3 aromatic rings. The molecular formula is C15H12FNO2. The third-order valence-electron chi connectivity index (χ3n) is 3.14. The van der Waals surface area contributed by atoms with Crippen LogP contribution in [0.3, 0.4) is 0 Å². The van der Waals surface area contributed by atoms with Crippen molar-refractivity contribution in [3.8, 4) is 5.88 Å². The van der Waals surface area contributed by atoms with Crippen molar-refractivity contribution in [1.29, 1.82) is 0 Å². The quantitative estimate of drug-likeness (QED) is 0.706. The summed E-state index contributed by atoms with van der Waals surface area (Å²) in [6, 6.07) is 9.80. The van der Waals surface area contributed by atoms with Crippen LogP contribution in [0.25, 0.3) is 16.9 Å². The third kappa shape index (κ3) is 1.85. The summed E-state index contributed by atoms with van der Waals surface area (Å²) in [6.45, 7) is 1.90. The van der Waals surface area contributed by atoms with Crippen molar-refractivity contribution in [3.05, 3.63) is 64.3 Å². The van der Waals surface area contributed by atoms with Gasteiger partial charge in [-0.1, -0.05) is 19.1 Å². The van der Waals surface area contributed by atoms with Crippen molar-refractivity contribution in [3.63, 3.8) is 0 Å². The van der Waals surface area contributed by atoms with Crippen LogP contribution in [-0.4, -0.2) is 4.57 Å². The topological polar surface area (TPSA) is 35.1 Å². The normalized spacial score (nSPS) is 11.1. The van der Waals surface area contributed by atoms with Crippen LogP contribution in [0.15, 0.2) is 51.8 Å². The molecule has 0 aliphatic carbocycles. The molecule has 0 N–H and O–H groups in total. The van der Waals surface area contributed by atoms with E-state index in [1.165, 1.54) is 10.6 Å². The van der Waals surface area contributed by atoms with Gasteiger partial charge in [0, 0.05) is 18.3 Å². The average molecular weight is 257 g/mol. The lowest BCUT2D eigenvalue weighted by Gasteiger charge is -1.98. The van der Waals surface area contributed by atoms with E-state index < -0.39 is 0 Å². The molecule has 0 amide bonds. The van der Waals surface area contributed by atoms with Crippen molar-refractivity contribution in [2.24, 2.45) is 0 Å². The fourth-order valence-corrected chi connectivity index (χ4v) is 2.11. The van der Waals surface area contributed by atoms with Gasteiger partial charge in [0.2, 0.25) is 5.88 Å². The average Bonchev–Trinajstić information content (AvgIpc) is 2.84. The summed E-state index contributed by atoms with van der Waals surface area (Å²) in [7, 11) is 0. The standard InChI is InChI=1S/C15H12FNO2/c1-2-10-6-7-12-11(15(10)16)9-14(19-12)17-8-4-3-5-13(17)18/h3-9H,2H2,1H3. The van der Waals surface area contributed by atoms with Crippen LogP contribution in [-0.2, 0) is 6.42 Å². The van der Waals surface area contributed by atoms with E-state index >= 15 is 0 Å². The first-order valence-corrected chi connectivity index (χ1v) is 6.09. The summed E-state index contributed by atoms with van der Waals surface area (Å²) in [5.74, 6) is 0.0479. The molecule has 3 nitrogen and oxygen atoms in total. The molecule has 0 saturated heterocycles. The number of aryl methyl sites for hydroxylation is 1. The van der Waals surface area contributed by atoms with Gasteiger partial charge in [0.1, 0.15) is 11.4 Å². The van der Waals surface area contributed by atoms with Crippen LogP contribution in [0.1, 0.15) is 12.5 Å². The number of furan rings is 1. The van der Waals surface area contributed by atoms with Crippen LogP contribution in [0, 0.1) is 5.82 Å². The number of hydrogen-bond acceptors (Lipinski definition) is 2. The smallest absolute Gasteiger partial charge is 0.257 e. The van der Waals surface area contributed by atoms with Gasteiger partial charge in [-0.15, -0.1) is 0 Å². The van der Waals surface area contributed by atoms with Crippen LogP contribution in [0.2, 0.25) is 0 Å². The second kappa shape index (κ2) is 4.39. The Bertz CT molecular complexity index is 801. The minimum Gasteiger partial charge on any atom is -0.440 e. The van der Waals surface area contributed by atoms with E-state index in [0.717, 1.165) is 0 Å². The second-order valence-corrected chi connectivity index (χ2v) is 4.30. The first-order chi connectivity index (χ1) is 9.20. The molecule has 3 rings (SSSR count). The molecule has 0 fully saturated rings. The lowest BCUT2D eigenvalue weighted by molar-refractivity contribution is 0.572. The molecule has 1 aromatic carbocycles.